The third kappa shape index (κ3) is 4.95. The molecule has 140 valence electrons. The summed E-state index contributed by atoms with van der Waals surface area (Å²) >= 11 is 0. The molecular weight excluding hydrogens is 300 g/mol. The standard InChI is InChI=1S/C20H38N2O2/c1-14(2)15-8-10-16(11-9-15)24-13-18-17(21)7-6-12-22(18)19(23)20(3,4)5/h14-18H,6-13,21H2,1-5H3/t15?,16?,17-,18-/m0/s1. The van der Waals surface area contributed by atoms with E-state index in [9.17, 15) is 4.79 Å². The highest BCUT2D eigenvalue weighted by molar-refractivity contribution is 5.82. The molecule has 0 unspecified atom stereocenters. The SMILES string of the molecule is CC(C)C1CCC(OC[C@H]2[C@@H](N)CCCN2C(=O)C(C)(C)C)CC1. The van der Waals surface area contributed by atoms with E-state index in [0.29, 0.717) is 12.7 Å². The number of amides is 1. The van der Waals surface area contributed by atoms with Crippen LogP contribution in [-0.2, 0) is 9.53 Å². The number of hydrogen-bond donors (Lipinski definition) is 1. The first-order chi connectivity index (χ1) is 11.2. The van der Waals surface area contributed by atoms with Crippen LogP contribution in [0.5, 0.6) is 0 Å². The first kappa shape index (κ1) is 19.7. The van der Waals surface area contributed by atoms with Crippen molar-refractivity contribution in [3.05, 3.63) is 0 Å². The Morgan fingerprint density at radius 3 is 2.33 bits per heavy atom. The average Bonchev–Trinajstić information content (AvgIpc) is 2.52. The molecule has 1 amide bonds. The van der Waals surface area contributed by atoms with Gasteiger partial charge >= 0.3 is 0 Å². The highest BCUT2D eigenvalue weighted by Gasteiger charge is 2.37. The van der Waals surface area contributed by atoms with Gasteiger partial charge in [-0.1, -0.05) is 34.6 Å². The molecular formula is C20H38N2O2. The third-order valence-corrected chi connectivity index (χ3v) is 5.90. The number of nitrogens with zero attached hydrogens (tertiary/aromatic N) is 1. The predicted octanol–water partition coefficient (Wildman–Crippen LogP) is 3.58. The zero-order chi connectivity index (χ0) is 17.9. The van der Waals surface area contributed by atoms with Crippen LogP contribution in [-0.4, -0.2) is 42.1 Å². The number of piperidine rings is 1. The molecule has 1 aliphatic heterocycles. The topological polar surface area (TPSA) is 55.6 Å². The Morgan fingerprint density at radius 2 is 1.79 bits per heavy atom. The van der Waals surface area contributed by atoms with E-state index in [2.05, 4.69) is 13.8 Å². The predicted molar refractivity (Wildman–Crippen MR) is 98.7 cm³/mol. The maximum atomic E-state index is 12.8. The summed E-state index contributed by atoms with van der Waals surface area (Å²) in [6.07, 6.45) is 7.17. The van der Waals surface area contributed by atoms with E-state index >= 15 is 0 Å². The number of rotatable bonds is 4. The smallest absolute Gasteiger partial charge is 0.228 e. The van der Waals surface area contributed by atoms with Crippen molar-refractivity contribution in [2.75, 3.05) is 13.2 Å². The highest BCUT2D eigenvalue weighted by atomic mass is 16.5. The van der Waals surface area contributed by atoms with Gasteiger partial charge in [-0.15, -0.1) is 0 Å². The lowest BCUT2D eigenvalue weighted by Gasteiger charge is -2.43. The molecule has 2 N–H and O–H groups in total. The number of carbonyl (C=O) groups excluding carboxylic acids is 1. The van der Waals surface area contributed by atoms with Crippen molar-refractivity contribution >= 4 is 5.91 Å². The molecule has 2 atom stereocenters. The molecule has 0 aromatic carbocycles. The van der Waals surface area contributed by atoms with Crippen LogP contribution < -0.4 is 5.73 Å². The van der Waals surface area contributed by atoms with Crippen LogP contribution in [0, 0.1) is 17.3 Å². The van der Waals surface area contributed by atoms with E-state index in [-0.39, 0.29) is 23.4 Å². The van der Waals surface area contributed by atoms with Crippen LogP contribution in [0.4, 0.5) is 0 Å². The molecule has 0 aromatic heterocycles. The minimum absolute atomic E-state index is 0.0355. The van der Waals surface area contributed by atoms with Crippen molar-refractivity contribution in [1.29, 1.82) is 0 Å². The van der Waals surface area contributed by atoms with Gasteiger partial charge in [0, 0.05) is 18.0 Å². The van der Waals surface area contributed by atoms with E-state index in [1.807, 2.05) is 25.7 Å². The Labute approximate surface area is 148 Å². The minimum atomic E-state index is -0.357. The van der Waals surface area contributed by atoms with Gasteiger partial charge in [0.05, 0.1) is 18.8 Å². The fourth-order valence-corrected chi connectivity index (χ4v) is 4.14. The zero-order valence-corrected chi connectivity index (χ0v) is 16.4. The second kappa shape index (κ2) is 8.18. The van der Waals surface area contributed by atoms with Crippen molar-refractivity contribution in [2.24, 2.45) is 23.0 Å². The molecule has 0 spiro atoms. The number of likely N-dealkylation sites (tertiary alicyclic amines) is 1. The van der Waals surface area contributed by atoms with E-state index in [1.54, 1.807) is 0 Å². The zero-order valence-electron chi connectivity index (χ0n) is 16.4. The number of nitrogens with two attached hydrogens (primary N) is 1. The second-order valence-electron chi connectivity index (χ2n) is 9.24. The van der Waals surface area contributed by atoms with Gasteiger partial charge in [-0.25, -0.2) is 0 Å². The summed E-state index contributed by atoms with van der Waals surface area (Å²) in [4.78, 5) is 14.8. The van der Waals surface area contributed by atoms with Gasteiger partial charge in [-0.3, -0.25) is 4.79 Å². The van der Waals surface area contributed by atoms with E-state index < -0.39 is 0 Å². The van der Waals surface area contributed by atoms with Crippen molar-refractivity contribution in [3.63, 3.8) is 0 Å². The Kier molecular flexibility index (Phi) is 6.72. The van der Waals surface area contributed by atoms with Gasteiger partial charge in [-0.2, -0.15) is 0 Å². The number of ether oxygens (including phenoxy) is 1. The lowest BCUT2D eigenvalue weighted by Crippen LogP contribution is -2.58. The number of carbonyl (C=O) groups is 1. The van der Waals surface area contributed by atoms with Crippen molar-refractivity contribution in [2.45, 2.75) is 91.3 Å². The largest absolute Gasteiger partial charge is 0.376 e. The molecule has 2 rings (SSSR count). The monoisotopic (exact) mass is 338 g/mol. The summed E-state index contributed by atoms with van der Waals surface area (Å²) in [5.41, 5.74) is 6.00. The lowest BCUT2D eigenvalue weighted by atomic mass is 9.80. The van der Waals surface area contributed by atoms with Crippen LogP contribution in [0.15, 0.2) is 0 Å². The maximum absolute atomic E-state index is 12.8. The average molecular weight is 339 g/mol. The molecule has 4 heteroatoms. The van der Waals surface area contributed by atoms with Gasteiger partial charge in [0.2, 0.25) is 5.91 Å². The van der Waals surface area contributed by atoms with Crippen LogP contribution in [0.2, 0.25) is 0 Å². The van der Waals surface area contributed by atoms with Gasteiger partial charge in [-0.05, 0) is 50.4 Å². The maximum Gasteiger partial charge on any atom is 0.228 e. The summed E-state index contributed by atoms with van der Waals surface area (Å²) in [6.45, 7) is 12.0. The summed E-state index contributed by atoms with van der Waals surface area (Å²) in [5, 5.41) is 0. The molecule has 1 heterocycles. The van der Waals surface area contributed by atoms with Crippen molar-refractivity contribution in [1.82, 2.24) is 4.90 Å². The van der Waals surface area contributed by atoms with Crippen LogP contribution in [0.25, 0.3) is 0 Å². The normalized spacial score (nSPS) is 32.2. The molecule has 1 aliphatic carbocycles. The first-order valence-corrected chi connectivity index (χ1v) is 9.88. The van der Waals surface area contributed by atoms with E-state index in [4.69, 9.17) is 10.5 Å². The summed E-state index contributed by atoms with van der Waals surface area (Å²) in [6, 6.07) is 0.0744. The Balaban J connectivity index is 1.90. The summed E-state index contributed by atoms with van der Waals surface area (Å²) in [7, 11) is 0. The van der Waals surface area contributed by atoms with Gasteiger partial charge < -0.3 is 15.4 Å². The Morgan fingerprint density at radius 1 is 1.17 bits per heavy atom. The van der Waals surface area contributed by atoms with Crippen LogP contribution in [0.1, 0.15) is 73.1 Å². The van der Waals surface area contributed by atoms with Gasteiger partial charge in [0.1, 0.15) is 0 Å². The summed E-state index contributed by atoms with van der Waals surface area (Å²) in [5.74, 6) is 1.83. The quantitative estimate of drug-likeness (QED) is 0.852. The Hall–Kier alpha value is -0.610. The van der Waals surface area contributed by atoms with Gasteiger partial charge in [0.15, 0.2) is 0 Å². The first-order valence-electron chi connectivity index (χ1n) is 9.88. The molecule has 0 bridgehead atoms. The lowest BCUT2D eigenvalue weighted by molar-refractivity contribution is -0.146. The molecule has 1 saturated heterocycles. The number of hydrogen-bond acceptors (Lipinski definition) is 3. The molecule has 24 heavy (non-hydrogen) atoms. The third-order valence-electron chi connectivity index (χ3n) is 5.90. The highest BCUT2D eigenvalue weighted by Crippen LogP contribution is 2.32. The molecule has 4 nitrogen and oxygen atoms in total. The van der Waals surface area contributed by atoms with Gasteiger partial charge in [0.25, 0.3) is 0 Å². The van der Waals surface area contributed by atoms with E-state index in [0.717, 1.165) is 44.1 Å². The van der Waals surface area contributed by atoms with Crippen LogP contribution in [0.3, 0.4) is 0 Å². The minimum Gasteiger partial charge on any atom is -0.376 e. The van der Waals surface area contributed by atoms with Crippen LogP contribution >= 0.6 is 0 Å². The fourth-order valence-electron chi connectivity index (χ4n) is 4.14. The van der Waals surface area contributed by atoms with E-state index in [1.165, 1.54) is 12.8 Å². The van der Waals surface area contributed by atoms with Crippen molar-refractivity contribution in [3.8, 4) is 0 Å². The molecule has 0 radical (unpaired) electrons. The fraction of sp³-hybridized carbons (Fsp3) is 0.950. The molecule has 0 aromatic rings. The molecule has 2 fully saturated rings. The summed E-state index contributed by atoms with van der Waals surface area (Å²) < 4.78 is 6.24. The molecule has 2 aliphatic rings. The second-order valence-corrected chi connectivity index (χ2v) is 9.24. The molecule has 1 saturated carbocycles. The van der Waals surface area contributed by atoms with Crippen molar-refractivity contribution < 1.29 is 9.53 Å². The Bertz CT molecular complexity index is 408.